The van der Waals surface area contributed by atoms with Crippen LogP contribution in [-0.4, -0.2) is 44.6 Å². The van der Waals surface area contributed by atoms with Crippen LogP contribution in [0.4, 0.5) is 26.4 Å². The molecule has 2 unspecified atom stereocenters. The number of nitro benzene ring substituents is 1. The van der Waals surface area contributed by atoms with Crippen molar-refractivity contribution in [1.29, 1.82) is 0 Å². The Hall–Kier alpha value is -3.68. The van der Waals surface area contributed by atoms with E-state index in [1.807, 2.05) is 20.8 Å². The quantitative estimate of drug-likeness (QED) is 0.173. The van der Waals surface area contributed by atoms with Crippen molar-refractivity contribution in [3.63, 3.8) is 0 Å². The second-order valence-electron chi connectivity index (χ2n) is 10.4. The van der Waals surface area contributed by atoms with Gasteiger partial charge in [-0.2, -0.15) is 0 Å². The SMILES string of the molecule is CC(C)(C)OC(=O)N1CC2CC2(C#Cc2cc3ncnc(Nc4ccc(Cl)c(Cl)c4F)c3cc2[N+](=O)[O-])C1. The molecule has 0 spiro atoms. The zero-order valence-corrected chi connectivity index (χ0v) is 22.2. The smallest absolute Gasteiger partial charge is 0.410 e. The topological polar surface area (TPSA) is 110 Å². The van der Waals surface area contributed by atoms with E-state index in [0.29, 0.717) is 24.0 Å². The summed E-state index contributed by atoms with van der Waals surface area (Å²) in [6.45, 7) is 6.37. The third-order valence-electron chi connectivity index (χ3n) is 6.48. The van der Waals surface area contributed by atoms with E-state index < -0.39 is 27.8 Å². The zero-order valence-electron chi connectivity index (χ0n) is 20.6. The van der Waals surface area contributed by atoms with Crippen LogP contribution in [-0.2, 0) is 4.74 Å². The molecule has 0 radical (unpaired) electrons. The Bertz CT molecular complexity index is 1570. The van der Waals surface area contributed by atoms with E-state index in [1.165, 1.54) is 30.6 Å². The number of hydrogen-bond acceptors (Lipinski definition) is 7. The minimum atomic E-state index is -0.779. The van der Waals surface area contributed by atoms with Gasteiger partial charge in [-0.3, -0.25) is 10.1 Å². The predicted octanol–water partition coefficient (Wildman–Crippen LogP) is 6.34. The summed E-state index contributed by atoms with van der Waals surface area (Å²) in [4.78, 5) is 33.9. The van der Waals surface area contributed by atoms with E-state index in [0.717, 1.165) is 6.42 Å². The maximum absolute atomic E-state index is 14.6. The van der Waals surface area contributed by atoms with Crippen LogP contribution >= 0.6 is 23.2 Å². The molecule has 2 atom stereocenters. The molecule has 2 aromatic carbocycles. The molecule has 2 fully saturated rings. The van der Waals surface area contributed by atoms with Crippen LogP contribution in [0.15, 0.2) is 30.6 Å². The molecule has 1 amide bonds. The molecule has 0 bridgehead atoms. The normalized spacial score (nSPS) is 19.9. The fourth-order valence-corrected chi connectivity index (χ4v) is 4.84. The zero-order chi connectivity index (χ0) is 27.4. The van der Waals surface area contributed by atoms with Crippen molar-refractivity contribution in [1.82, 2.24) is 14.9 Å². The Balaban J connectivity index is 1.45. The highest BCUT2D eigenvalue weighted by Gasteiger charge is 2.60. The number of ether oxygens (including phenoxy) is 1. The number of rotatable bonds is 3. The number of anilines is 2. The third-order valence-corrected chi connectivity index (χ3v) is 7.26. The summed E-state index contributed by atoms with van der Waals surface area (Å²) in [5, 5.41) is 14.9. The maximum atomic E-state index is 14.6. The van der Waals surface area contributed by atoms with Crippen LogP contribution in [0.25, 0.3) is 10.9 Å². The number of benzene rings is 2. The second-order valence-corrected chi connectivity index (χ2v) is 11.2. The van der Waals surface area contributed by atoms with Crippen LogP contribution < -0.4 is 5.32 Å². The molecule has 1 aliphatic heterocycles. The molecule has 1 saturated carbocycles. The Morgan fingerprint density at radius 3 is 2.79 bits per heavy atom. The molecule has 5 rings (SSSR count). The van der Waals surface area contributed by atoms with Gasteiger partial charge in [0.25, 0.3) is 5.69 Å². The number of carbonyl (C=O) groups excluding carboxylic acids is 1. The standard InChI is InChI=1S/C26H22Cl2FN5O4/c1-25(2,3)38-24(35)33-11-15-10-26(15,12-33)7-6-14-8-19-16(9-20(14)34(36)37)23(31-13-30-19)32-18-5-4-17(27)21(28)22(18)29/h4-5,8-9,13,15H,10-12H2,1-3H3,(H,30,31,32). The average Bonchev–Trinajstić information content (AvgIpc) is 3.40. The molecule has 9 nitrogen and oxygen atoms in total. The van der Waals surface area contributed by atoms with E-state index in [9.17, 15) is 19.3 Å². The number of fused-ring (bicyclic) bond motifs is 2. The van der Waals surface area contributed by atoms with E-state index >= 15 is 0 Å². The van der Waals surface area contributed by atoms with Crippen LogP contribution in [0.5, 0.6) is 0 Å². The molecule has 3 aromatic rings. The highest BCUT2D eigenvalue weighted by atomic mass is 35.5. The number of piperidine rings is 1. The lowest BCUT2D eigenvalue weighted by Crippen LogP contribution is -2.37. The number of amides is 1. The Kier molecular flexibility index (Phi) is 6.32. The van der Waals surface area contributed by atoms with Gasteiger partial charge < -0.3 is 15.0 Å². The van der Waals surface area contributed by atoms with Gasteiger partial charge in [0.1, 0.15) is 23.3 Å². The van der Waals surface area contributed by atoms with Gasteiger partial charge in [0.15, 0.2) is 5.82 Å². The monoisotopic (exact) mass is 557 g/mol. The van der Waals surface area contributed by atoms with Gasteiger partial charge in [-0.15, -0.1) is 0 Å². The number of aromatic nitrogens is 2. The number of nitrogens with zero attached hydrogens (tertiary/aromatic N) is 4. The van der Waals surface area contributed by atoms with Crippen LogP contribution in [0, 0.1) is 39.1 Å². The van der Waals surface area contributed by atoms with Gasteiger partial charge in [0, 0.05) is 24.5 Å². The molecule has 1 saturated heterocycles. The lowest BCUT2D eigenvalue weighted by Gasteiger charge is -2.25. The molecular formula is C26H22Cl2FN5O4. The molecule has 1 aromatic heterocycles. The number of hydrogen-bond donors (Lipinski definition) is 1. The summed E-state index contributed by atoms with van der Waals surface area (Å²) in [6.07, 6.45) is 1.68. The van der Waals surface area contributed by atoms with Crippen LogP contribution in [0.3, 0.4) is 0 Å². The average molecular weight is 558 g/mol. The Labute approximate surface area is 227 Å². The van der Waals surface area contributed by atoms with Crippen molar-refractivity contribution >= 4 is 57.4 Å². The predicted molar refractivity (Wildman–Crippen MR) is 141 cm³/mol. The molecule has 1 aliphatic carbocycles. The number of nitro groups is 1. The van der Waals surface area contributed by atoms with E-state index in [2.05, 4.69) is 27.1 Å². The highest BCUT2D eigenvalue weighted by molar-refractivity contribution is 6.42. The van der Waals surface area contributed by atoms with Gasteiger partial charge >= 0.3 is 6.09 Å². The van der Waals surface area contributed by atoms with Gasteiger partial charge in [0.2, 0.25) is 0 Å². The van der Waals surface area contributed by atoms with Crippen molar-refractivity contribution in [3.8, 4) is 11.8 Å². The van der Waals surface area contributed by atoms with Crippen molar-refractivity contribution in [2.45, 2.75) is 32.8 Å². The fraction of sp³-hybridized carbons (Fsp3) is 0.346. The number of nitrogens with one attached hydrogen (secondary N) is 1. The van der Waals surface area contributed by atoms with Crippen molar-refractivity contribution in [2.75, 3.05) is 18.4 Å². The Morgan fingerprint density at radius 2 is 2.08 bits per heavy atom. The first-order valence-corrected chi connectivity index (χ1v) is 12.5. The van der Waals surface area contributed by atoms with E-state index in [1.54, 1.807) is 4.90 Å². The fourth-order valence-electron chi connectivity index (χ4n) is 4.53. The maximum Gasteiger partial charge on any atom is 0.410 e. The van der Waals surface area contributed by atoms with Gasteiger partial charge in [-0.25, -0.2) is 19.2 Å². The lowest BCUT2D eigenvalue weighted by molar-refractivity contribution is -0.385. The van der Waals surface area contributed by atoms with Crippen LogP contribution in [0.1, 0.15) is 32.8 Å². The van der Waals surface area contributed by atoms with Gasteiger partial charge in [-0.05, 0) is 51.3 Å². The number of carbonyl (C=O) groups is 1. The minimum absolute atomic E-state index is 0.000529. The molecule has 196 valence electrons. The van der Waals surface area contributed by atoms with Crippen molar-refractivity contribution in [2.24, 2.45) is 11.3 Å². The molecule has 2 aliphatic rings. The number of halogens is 3. The Morgan fingerprint density at radius 1 is 1.32 bits per heavy atom. The summed E-state index contributed by atoms with van der Waals surface area (Å²) >= 11 is 11.8. The van der Waals surface area contributed by atoms with Gasteiger partial charge in [-0.1, -0.05) is 35.0 Å². The summed E-state index contributed by atoms with van der Waals surface area (Å²) in [7, 11) is 0. The van der Waals surface area contributed by atoms with Crippen molar-refractivity contribution in [3.05, 3.63) is 62.1 Å². The summed E-state index contributed by atoms with van der Waals surface area (Å²) in [5.41, 5.74) is -0.694. The first-order chi connectivity index (χ1) is 17.9. The van der Waals surface area contributed by atoms with E-state index in [4.69, 9.17) is 27.9 Å². The molecule has 2 heterocycles. The molecule has 12 heteroatoms. The highest BCUT2D eigenvalue weighted by Crippen LogP contribution is 2.57. The van der Waals surface area contributed by atoms with E-state index in [-0.39, 0.29) is 38.7 Å². The first-order valence-electron chi connectivity index (χ1n) is 11.7. The third kappa shape index (κ3) is 4.91. The van der Waals surface area contributed by atoms with Crippen molar-refractivity contribution < 1.29 is 18.8 Å². The largest absolute Gasteiger partial charge is 0.444 e. The summed E-state index contributed by atoms with van der Waals surface area (Å²) in [5.74, 6) is 5.73. The molecule has 38 heavy (non-hydrogen) atoms. The summed E-state index contributed by atoms with van der Waals surface area (Å²) < 4.78 is 20.0. The molecular weight excluding hydrogens is 536 g/mol. The second kappa shape index (κ2) is 9.26. The number of likely N-dealkylation sites (tertiary alicyclic amines) is 1. The lowest BCUT2D eigenvalue weighted by atomic mass is 10.0. The minimum Gasteiger partial charge on any atom is -0.444 e. The van der Waals surface area contributed by atoms with Gasteiger partial charge in [0.05, 0.1) is 31.6 Å². The van der Waals surface area contributed by atoms with Crippen LogP contribution in [0.2, 0.25) is 10.0 Å². The molecule has 1 N–H and O–H groups in total. The summed E-state index contributed by atoms with van der Waals surface area (Å²) in [6, 6.07) is 5.62. The first kappa shape index (κ1) is 25.9.